The highest BCUT2D eigenvalue weighted by molar-refractivity contribution is 6.30. The zero-order valence-electron chi connectivity index (χ0n) is 9.29. The minimum atomic E-state index is -0.114. The molecule has 1 nitrogen and oxygen atoms in total. The van der Waals surface area contributed by atoms with Crippen molar-refractivity contribution in [1.29, 1.82) is 0 Å². The first kappa shape index (κ1) is 11.0. The van der Waals surface area contributed by atoms with Gasteiger partial charge in [-0.05, 0) is 43.4 Å². The molecule has 0 bridgehead atoms. The van der Waals surface area contributed by atoms with Gasteiger partial charge in [0.25, 0.3) is 0 Å². The molecule has 1 aromatic carbocycles. The van der Waals surface area contributed by atoms with Crippen LogP contribution < -0.4 is 0 Å². The van der Waals surface area contributed by atoms with Crippen LogP contribution in [0.1, 0.15) is 32.3 Å². The van der Waals surface area contributed by atoms with E-state index >= 15 is 0 Å². The van der Waals surface area contributed by atoms with Crippen molar-refractivity contribution >= 4 is 11.6 Å². The van der Waals surface area contributed by atoms with Crippen molar-refractivity contribution in [2.24, 2.45) is 5.92 Å². The van der Waals surface area contributed by atoms with Gasteiger partial charge in [0.05, 0.1) is 12.2 Å². The minimum Gasteiger partial charge on any atom is -0.370 e. The summed E-state index contributed by atoms with van der Waals surface area (Å²) in [6.45, 7) is 5.27. The summed E-state index contributed by atoms with van der Waals surface area (Å²) in [5.74, 6) is 0.686. The molecule has 15 heavy (non-hydrogen) atoms. The summed E-state index contributed by atoms with van der Waals surface area (Å²) < 4.78 is 5.96. The Hall–Kier alpha value is -0.530. The number of rotatable bonds is 1. The van der Waals surface area contributed by atoms with Gasteiger partial charge in [0.1, 0.15) is 0 Å². The lowest BCUT2D eigenvalue weighted by Crippen LogP contribution is -2.33. The Kier molecular flexibility index (Phi) is 3.03. The van der Waals surface area contributed by atoms with Crippen molar-refractivity contribution in [2.45, 2.75) is 32.3 Å². The fourth-order valence-electron chi connectivity index (χ4n) is 2.03. The predicted octanol–water partition coefficient (Wildman–Crippen LogP) is 4.00. The van der Waals surface area contributed by atoms with Crippen LogP contribution in [0.2, 0.25) is 5.02 Å². The van der Waals surface area contributed by atoms with Gasteiger partial charge in [0.15, 0.2) is 0 Å². The van der Waals surface area contributed by atoms with E-state index in [-0.39, 0.29) is 5.60 Å². The molecule has 82 valence electrons. The predicted molar refractivity (Wildman–Crippen MR) is 63.2 cm³/mol. The monoisotopic (exact) mass is 224 g/mol. The van der Waals surface area contributed by atoms with E-state index in [9.17, 15) is 0 Å². The van der Waals surface area contributed by atoms with Gasteiger partial charge in [-0.1, -0.05) is 30.7 Å². The zero-order chi connectivity index (χ0) is 10.9. The summed E-state index contributed by atoms with van der Waals surface area (Å²) in [4.78, 5) is 0. The topological polar surface area (TPSA) is 9.23 Å². The molecule has 2 unspecified atom stereocenters. The molecule has 0 spiro atoms. The summed E-state index contributed by atoms with van der Waals surface area (Å²) in [6.07, 6.45) is 2.33. The molecule has 0 amide bonds. The third-order valence-corrected chi connectivity index (χ3v) is 3.51. The molecule has 2 atom stereocenters. The average Bonchev–Trinajstić information content (AvgIpc) is 2.24. The first-order chi connectivity index (χ1) is 7.10. The highest BCUT2D eigenvalue weighted by Crippen LogP contribution is 2.36. The maximum absolute atomic E-state index is 5.96. The molecule has 1 heterocycles. The fourth-order valence-corrected chi connectivity index (χ4v) is 2.16. The molecule has 0 aromatic heterocycles. The number of hydrogen-bond donors (Lipinski definition) is 0. The third kappa shape index (κ3) is 2.35. The first-order valence-corrected chi connectivity index (χ1v) is 5.88. The van der Waals surface area contributed by atoms with Crippen LogP contribution in [-0.4, -0.2) is 6.61 Å². The number of hydrogen-bond acceptors (Lipinski definition) is 1. The molecule has 0 aliphatic carbocycles. The highest BCUT2D eigenvalue weighted by atomic mass is 35.5. The molecule has 2 rings (SSSR count). The van der Waals surface area contributed by atoms with Crippen LogP contribution in [-0.2, 0) is 10.3 Å². The molecule has 1 aliphatic rings. The van der Waals surface area contributed by atoms with E-state index in [0.29, 0.717) is 5.92 Å². The number of benzene rings is 1. The summed E-state index contributed by atoms with van der Waals surface area (Å²) in [7, 11) is 0. The van der Waals surface area contributed by atoms with E-state index in [1.54, 1.807) is 0 Å². The van der Waals surface area contributed by atoms with Crippen molar-refractivity contribution in [3.8, 4) is 0 Å². The van der Waals surface area contributed by atoms with Gasteiger partial charge in [-0.2, -0.15) is 0 Å². The van der Waals surface area contributed by atoms with Crippen molar-refractivity contribution in [2.75, 3.05) is 6.61 Å². The van der Waals surface area contributed by atoms with Gasteiger partial charge in [-0.15, -0.1) is 0 Å². The molecule has 2 heteroatoms. The Morgan fingerprint density at radius 3 is 2.53 bits per heavy atom. The molecule has 0 N–H and O–H groups in total. The number of halogens is 1. The van der Waals surface area contributed by atoms with E-state index < -0.39 is 0 Å². The molecule has 0 saturated carbocycles. The maximum atomic E-state index is 5.96. The first-order valence-electron chi connectivity index (χ1n) is 5.50. The molecule has 1 aliphatic heterocycles. The van der Waals surface area contributed by atoms with Gasteiger partial charge in [-0.3, -0.25) is 0 Å². The minimum absolute atomic E-state index is 0.114. The molecule has 1 fully saturated rings. The van der Waals surface area contributed by atoms with E-state index in [1.165, 1.54) is 12.0 Å². The molecule has 1 saturated heterocycles. The SMILES string of the molecule is CC1CCC(C)(c2ccc(Cl)cc2)OC1. The second-order valence-electron chi connectivity index (χ2n) is 4.69. The maximum Gasteiger partial charge on any atom is 0.0903 e. The smallest absolute Gasteiger partial charge is 0.0903 e. The Bertz CT molecular complexity index is 323. The van der Waals surface area contributed by atoms with E-state index in [1.807, 2.05) is 12.1 Å². The van der Waals surface area contributed by atoms with Gasteiger partial charge in [0, 0.05) is 5.02 Å². The van der Waals surface area contributed by atoms with Crippen LogP contribution in [0.25, 0.3) is 0 Å². The standard InChI is InChI=1S/C13H17ClO/c1-10-7-8-13(2,15-9-10)11-3-5-12(14)6-4-11/h3-6,10H,7-9H2,1-2H3. The van der Waals surface area contributed by atoms with Crippen LogP contribution in [0.3, 0.4) is 0 Å². The van der Waals surface area contributed by atoms with E-state index in [2.05, 4.69) is 26.0 Å². The Labute approximate surface area is 96.4 Å². The van der Waals surface area contributed by atoms with Gasteiger partial charge in [-0.25, -0.2) is 0 Å². The Morgan fingerprint density at radius 1 is 1.33 bits per heavy atom. The molecular weight excluding hydrogens is 208 g/mol. The van der Waals surface area contributed by atoms with E-state index in [0.717, 1.165) is 18.1 Å². The Morgan fingerprint density at radius 2 is 2.00 bits per heavy atom. The van der Waals surface area contributed by atoms with Crippen LogP contribution in [0.4, 0.5) is 0 Å². The van der Waals surface area contributed by atoms with Crippen molar-refractivity contribution in [3.05, 3.63) is 34.9 Å². The second kappa shape index (κ2) is 4.15. The summed E-state index contributed by atoms with van der Waals surface area (Å²) >= 11 is 5.88. The van der Waals surface area contributed by atoms with Crippen LogP contribution in [0, 0.1) is 5.92 Å². The largest absolute Gasteiger partial charge is 0.370 e. The van der Waals surface area contributed by atoms with Crippen LogP contribution in [0.5, 0.6) is 0 Å². The second-order valence-corrected chi connectivity index (χ2v) is 5.13. The van der Waals surface area contributed by atoms with Gasteiger partial charge >= 0.3 is 0 Å². The van der Waals surface area contributed by atoms with E-state index in [4.69, 9.17) is 16.3 Å². The van der Waals surface area contributed by atoms with Gasteiger partial charge in [0.2, 0.25) is 0 Å². The quantitative estimate of drug-likeness (QED) is 0.701. The lowest BCUT2D eigenvalue weighted by molar-refractivity contribution is -0.0906. The van der Waals surface area contributed by atoms with Crippen molar-refractivity contribution < 1.29 is 4.74 Å². The highest BCUT2D eigenvalue weighted by Gasteiger charge is 2.32. The Balaban J connectivity index is 2.18. The molecule has 0 radical (unpaired) electrons. The summed E-state index contributed by atoms with van der Waals surface area (Å²) in [6, 6.07) is 8.00. The summed E-state index contributed by atoms with van der Waals surface area (Å²) in [5.41, 5.74) is 1.12. The zero-order valence-corrected chi connectivity index (χ0v) is 10.1. The summed E-state index contributed by atoms with van der Waals surface area (Å²) in [5, 5.41) is 0.784. The van der Waals surface area contributed by atoms with Crippen LogP contribution in [0.15, 0.2) is 24.3 Å². The van der Waals surface area contributed by atoms with Crippen molar-refractivity contribution in [1.82, 2.24) is 0 Å². The molecule has 1 aromatic rings. The normalized spacial score (nSPS) is 31.5. The lowest BCUT2D eigenvalue weighted by Gasteiger charge is -2.37. The average molecular weight is 225 g/mol. The fraction of sp³-hybridized carbons (Fsp3) is 0.538. The van der Waals surface area contributed by atoms with Crippen LogP contribution >= 0.6 is 11.6 Å². The molecular formula is C13H17ClO. The number of ether oxygens (including phenoxy) is 1. The van der Waals surface area contributed by atoms with Crippen molar-refractivity contribution in [3.63, 3.8) is 0 Å². The third-order valence-electron chi connectivity index (χ3n) is 3.26. The van der Waals surface area contributed by atoms with Gasteiger partial charge < -0.3 is 4.74 Å². The lowest BCUT2D eigenvalue weighted by atomic mass is 9.85.